The van der Waals surface area contributed by atoms with Crippen LogP contribution in [0.2, 0.25) is 0 Å². The van der Waals surface area contributed by atoms with Gasteiger partial charge in [0.25, 0.3) is 5.91 Å². The van der Waals surface area contributed by atoms with Gasteiger partial charge in [-0.3, -0.25) is 9.89 Å². The summed E-state index contributed by atoms with van der Waals surface area (Å²) in [6.45, 7) is 0.342. The van der Waals surface area contributed by atoms with Gasteiger partial charge in [-0.25, -0.2) is 15.0 Å². The molecule has 2 aromatic heterocycles. The Hall–Kier alpha value is -2.31. The Balaban J connectivity index is 1.60. The van der Waals surface area contributed by atoms with Crippen LogP contribution in [0.5, 0.6) is 0 Å². The first kappa shape index (κ1) is 10.8. The summed E-state index contributed by atoms with van der Waals surface area (Å²) < 4.78 is 0. The Morgan fingerprint density at radius 1 is 1.50 bits per heavy atom. The van der Waals surface area contributed by atoms with E-state index in [2.05, 4.69) is 30.5 Å². The zero-order chi connectivity index (χ0) is 12.4. The smallest absolute Gasteiger partial charge is 0.291 e. The van der Waals surface area contributed by atoms with Crippen LogP contribution in [0.25, 0.3) is 0 Å². The van der Waals surface area contributed by atoms with Crippen molar-refractivity contribution in [2.24, 2.45) is 0 Å². The number of hydrogen-bond donors (Lipinski definition) is 2. The molecule has 2 heterocycles. The van der Waals surface area contributed by atoms with E-state index >= 15 is 0 Å². The maximum Gasteiger partial charge on any atom is 0.291 e. The molecule has 18 heavy (non-hydrogen) atoms. The van der Waals surface area contributed by atoms with Crippen LogP contribution < -0.4 is 5.32 Å². The van der Waals surface area contributed by atoms with E-state index in [0.29, 0.717) is 12.5 Å². The molecule has 0 saturated heterocycles. The fourth-order valence-electron chi connectivity index (χ4n) is 1.59. The SMILES string of the molecule is O=C(NCc1ccncn1)c1n[nH]c(C2CC2)n1. The van der Waals surface area contributed by atoms with Crippen molar-refractivity contribution in [2.45, 2.75) is 25.3 Å². The van der Waals surface area contributed by atoms with E-state index in [1.54, 1.807) is 12.3 Å². The molecule has 7 heteroatoms. The number of carbonyl (C=O) groups is 1. The molecule has 1 amide bonds. The lowest BCUT2D eigenvalue weighted by molar-refractivity contribution is 0.0940. The van der Waals surface area contributed by atoms with E-state index in [1.165, 1.54) is 6.33 Å². The number of aromatic nitrogens is 5. The number of amides is 1. The summed E-state index contributed by atoms with van der Waals surface area (Å²) in [7, 11) is 0. The third-order valence-corrected chi connectivity index (χ3v) is 2.74. The molecule has 0 aromatic carbocycles. The molecule has 3 rings (SSSR count). The lowest BCUT2D eigenvalue weighted by atomic mass is 10.4. The van der Waals surface area contributed by atoms with Crippen LogP contribution in [-0.4, -0.2) is 31.1 Å². The average molecular weight is 244 g/mol. The Morgan fingerprint density at radius 2 is 2.39 bits per heavy atom. The van der Waals surface area contributed by atoms with Crippen LogP contribution in [0.1, 0.15) is 40.9 Å². The van der Waals surface area contributed by atoms with Crippen LogP contribution in [0, 0.1) is 0 Å². The molecule has 92 valence electrons. The van der Waals surface area contributed by atoms with Crippen molar-refractivity contribution in [1.82, 2.24) is 30.5 Å². The van der Waals surface area contributed by atoms with E-state index in [9.17, 15) is 4.79 Å². The van der Waals surface area contributed by atoms with Gasteiger partial charge in [0.05, 0.1) is 12.2 Å². The second-order valence-corrected chi connectivity index (χ2v) is 4.20. The summed E-state index contributed by atoms with van der Waals surface area (Å²) >= 11 is 0. The van der Waals surface area contributed by atoms with Crippen LogP contribution in [0.15, 0.2) is 18.6 Å². The van der Waals surface area contributed by atoms with Crippen molar-refractivity contribution in [3.63, 3.8) is 0 Å². The zero-order valence-electron chi connectivity index (χ0n) is 9.63. The number of aromatic amines is 1. The highest BCUT2D eigenvalue weighted by atomic mass is 16.2. The number of rotatable bonds is 4. The van der Waals surface area contributed by atoms with Gasteiger partial charge in [0.1, 0.15) is 12.2 Å². The molecule has 7 nitrogen and oxygen atoms in total. The Labute approximate surface area is 103 Å². The highest BCUT2D eigenvalue weighted by Crippen LogP contribution is 2.37. The summed E-state index contributed by atoms with van der Waals surface area (Å²) in [5.41, 5.74) is 0.747. The third-order valence-electron chi connectivity index (χ3n) is 2.74. The molecule has 1 fully saturated rings. The average Bonchev–Trinajstić information content (AvgIpc) is 3.15. The Kier molecular flexibility index (Phi) is 2.71. The van der Waals surface area contributed by atoms with Crippen molar-refractivity contribution in [3.05, 3.63) is 35.9 Å². The number of carbonyl (C=O) groups excluding carboxylic acids is 1. The van der Waals surface area contributed by atoms with Crippen LogP contribution in [0.3, 0.4) is 0 Å². The van der Waals surface area contributed by atoms with Gasteiger partial charge >= 0.3 is 0 Å². The van der Waals surface area contributed by atoms with Gasteiger partial charge in [-0.15, -0.1) is 5.10 Å². The molecular weight excluding hydrogens is 232 g/mol. The molecule has 0 bridgehead atoms. The molecule has 1 aliphatic rings. The molecule has 1 saturated carbocycles. The molecule has 0 unspecified atom stereocenters. The summed E-state index contributed by atoms with van der Waals surface area (Å²) in [4.78, 5) is 23.8. The number of hydrogen-bond acceptors (Lipinski definition) is 5. The van der Waals surface area contributed by atoms with Gasteiger partial charge in [0.2, 0.25) is 5.82 Å². The topological polar surface area (TPSA) is 96.5 Å². The second-order valence-electron chi connectivity index (χ2n) is 4.20. The Morgan fingerprint density at radius 3 is 3.11 bits per heavy atom. The first-order valence-corrected chi connectivity index (χ1v) is 5.78. The maximum absolute atomic E-state index is 11.8. The number of nitrogens with zero attached hydrogens (tertiary/aromatic N) is 4. The predicted octanol–water partition coefficient (Wildman–Crippen LogP) is 0.402. The number of H-pyrrole nitrogens is 1. The highest BCUT2D eigenvalue weighted by molar-refractivity contribution is 5.90. The Bertz CT molecular complexity index is 548. The van der Waals surface area contributed by atoms with Crippen molar-refractivity contribution >= 4 is 5.91 Å². The molecule has 0 atom stereocenters. The van der Waals surface area contributed by atoms with Gasteiger partial charge < -0.3 is 5.32 Å². The maximum atomic E-state index is 11.8. The van der Waals surface area contributed by atoms with E-state index in [4.69, 9.17) is 0 Å². The monoisotopic (exact) mass is 244 g/mol. The molecule has 2 N–H and O–H groups in total. The van der Waals surface area contributed by atoms with Crippen molar-refractivity contribution in [2.75, 3.05) is 0 Å². The van der Waals surface area contributed by atoms with E-state index in [-0.39, 0.29) is 11.7 Å². The minimum absolute atomic E-state index is 0.186. The molecule has 1 aliphatic carbocycles. The normalized spacial score (nSPS) is 14.4. The largest absolute Gasteiger partial charge is 0.344 e. The first-order valence-electron chi connectivity index (χ1n) is 5.78. The lowest BCUT2D eigenvalue weighted by Gasteiger charge is -2.00. The van der Waals surface area contributed by atoms with E-state index in [0.717, 1.165) is 24.4 Å². The first-order chi connectivity index (χ1) is 8.83. The minimum atomic E-state index is -0.295. The minimum Gasteiger partial charge on any atom is -0.344 e. The summed E-state index contributed by atoms with van der Waals surface area (Å²) in [5.74, 6) is 1.16. The molecule has 0 spiro atoms. The predicted molar refractivity (Wildman–Crippen MR) is 61.6 cm³/mol. The van der Waals surface area contributed by atoms with Gasteiger partial charge in [-0.2, -0.15) is 0 Å². The van der Waals surface area contributed by atoms with E-state index in [1.807, 2.05) is 0 Å². The van der Waals surface area contributed by atoms with Gasteiger partial charge in [-0.05, 0) is 18.9 Å². The summed E-state index contributed by atoms with van der Waals surface area (Å²) in [6, 6.07) is 1.74. The van der Waals surface area contributed by atoms with Crippen molar-refractivity contribution < 1.29 is 4.79 Å². The molecule has 2 aromatic rings. The van der Waals surface area contributed by atoms with E-state index < -0.39 is 0 Å². The zero-order valence-corrected chi connectivity index (χ0v) is 9.63. The van der Waals surface area contributed by atoms with Gasteiger partial charge in [-0.1, -0.05) is 0 Å². The second kappa shape index (κ2) is 4.52. The standard InChI is InChI=1S/C11H12N6O/c18-11(13-5-8-3-4-12-6-14-8)10-15-9(16-17-10)7-1-2-7/h3-4,6-7H,1-2,5H2,(H,13,18)(H,15,16,17). The fourth-order valence-corrected chi connectivity index (χ4v) is 1.59. The molecule has 0 aliphatic heterocycles. The quantitative estimate of drug-likeness (QED) is 0.811. The third kappa shape index (κ3) is 2.34. The van der Waals surface area contributed by atoms with Crippen LogP contribution >= 0.6 is 0 Å². The van der Waals surface area contributed by atoms with Gasteiger partial charge in [0, 0.05) is 12.1 Å². The fraction of sp³-hybridized carbons (Fsp3) is 0.364. The van der Waals surface area contributed by atoms with Crippen LogP contribution in [0.4, 0.5) is 0 Å². The van der Waals surface area contributed by atoms with Crippen molar-refractivity contribution in [3.8, 4) is 0 Å². The lowest BCUT2D eigenvalue weighted by Crippen LogP contribution is -2.24. The summed E-state index contributed by atoms with van der Waals surface area (Å²) in [5, 5.41) is 9.42. The highest BCUT2D eigenvalue weighted by Gasteiger charge is 2.28. The summed E-state index contributed by atoms with van der Waals surface area (Å²) in [6.07, 6.45) is 5.32. The van der Waals surface area contributed by atoms with Gasteiger partial charge in [0.15, 0.2) is 0 Å². The number of nitrogens with one attached hydrogen (secondary N) is 2. The van der Waals surface area contributed by atoms with Crippen molar-refractivity contribution in [1.29, 1.82) is 0 Å². The molecule has 0 radical (unpaired) electrons. The van der Waals surface area contributed by atoms with Crippen LogP contribution in [-0.2, 0) is 6.54 Å². The molecular formula is C11H12N6O.